The second-order valence-corrected chi connectivity index (χ2v) is 6.57. The molecule has 4 nitrogen and oxygen atoms in total. The number of hydrogen-bond acceptors (Lipinski definition) is 3. The summed E-state index contributed by atoms with van der Waals surface area (Å²) in [6, 6.07) is 5.15. The molecule has 2 atom stereocenters. The number of nitrogens with two attached hydrogens (primary N) is 1. The maximum Gasteiger partial charge on any atom is 0.263 e. The van der Waals surface area contributed by atoms with E-state index >= 15 is 0 Å². The maximum atomic E-state index is 12.6. The molecule has 1 aromatic rings. The average Bonchev–Trinajstić information content (AvgIpc) is 2.72. The molecular weight excluding hydrogens is 264 g/mol. The van der Waals surface area contributed by atoms with Crippen LogP contribution in [0.3, 0.4) is 0 Å². The van der Waals surface area contributed by atoms with Crippen molar-refractivity contribution in [1.29, 1.82) is 0 Å². The first-order chi connectivity index (χ1) is 10.0. The van der Waals surface area contributed by atoms with Crippen molar-refractivity contribution in [2.75, 3.05) is 5.73 Å². The van der Waals surface area contributed by atoms with Crippen molar-refractivity contribution in [3.05, 3.63) is 29.3 Å². The monoisotopic (exact) mass is 286 g/mol. The van der Waals surface area contributed by atoms with Gasteiger partial charge in [0.1, 0.15) is 0 Å². The zero-order chi connectivity index (χ0) is 15.1. The van der Waals surface area contributed by atoms with E-state index in [1.165, 1.54) is 11.3 Å². The fourth-order valence-electron chi connectivity index (χ4n) is 3.70. The van der Waals surface area contributed by atoms with E-state index in [0.717, 1.165) is 19.3 Å². The first-order valence-corrected chi connectivity index (χ1v) is 7.77. The third kappa shape index (κ3) is 2.23. The van der Waals surface area contributed by atoms with E-state index in [1.54, 1.807) is 18.2 Å². The van der Waals surface area contributed by atoms with Crippen LogP contribution < -0.4 is 5.73 Å². The van der Waals surface area contributed by atoms with Crippen LogP contribution >= 0.6 is 0 Å². The molecule has 2 aliphatic rings. The van der Waals surface area contributed by atoms with Gasteiger partial charge in [0.05, 0.1) is 11.1 Å². The van der Waals surface area contributed by atoms with Crippen molar-refractivity contribution >= 4 is 17.5 Å². The van der Waals surface area contributed by atoms with Gasteiger partial charge >= 0.3 is 0 Å². The van der Waals surface area contributed by atoms with Gasteiger partial charge in [0.2, 0.25) is 0 Å². The lowest BCUT2D eigenvalue weighted by molar-refractivity contribution is 0.0503. The number of anilines is 1. The van der Waals surface area contributed by atoms with E-state index in [0.29, 0.717) is 28.7 Å². The third-order valence-electron chi connectivity index (χ3n) is 4.97. The summed E-state index contributed by atoms with van der Waals surface area (Å²) in [5.74, 6) is 0.803. The maximum absolute atomic E-state index is 12.6. The van der Waals surface area contributed by atoms with E-state index in [9.17, 15) is 9.59 Å². The van der Waals surface area contributed by atoms with Crippen LogP contribution in [-0.4, -0.2) is 22.8 Å². The van der Waals surface area contributed by atoms with Crippen LogP contribution in [-0.2, 0) is 0 Å². The van der Waals surface area contributed by atoms with Crippen LogP contribution in [0, 0.1) is 11.8 Å². The summed E-state index contributed by atoms with van der Waals surface area (Å²) >= 11 is 0. The minimum Gasteiger partial charge on any atom is -0.398 e. The predicted octanol–water partition coefficient (Wildman–Crippen LogP) is 3.08. The number of rotatable bonds is 2. The SMILES string of the molecule is CC(C)C1CCCC(N2C(=O)c3cccc(N)c3C2=O)C1. The zero-order valence-corrected chi connectivity index (χ0v) is 12.6. The number of benzene rings is 1. The number of fused-ring (bicyclic) bond motifs is 1. The minimum atomic E-state index is -0.206. The van der Waals surface area contributed by atoms with Gasteiger partial charge in [-0.1, -0.05) is 32.8 Å². The summed E-state index contributed by atoms with van der Waals surface area (Å²) in [4.78, 5) is 26.7. The second-order valence-electron chi connectivity index (χ2n) is 6.57. The highest BCUT2D eigenvalue weighted by molar-refractivity contribution is 6.23. The van der Waals surface area contributed by atoms with Crippen molar-refractivity contribution in [3.8, 4) is 0 Å². The van der Waals surface area contributed by atoms with Gasteiger partial charge in [0.25, 0.3) is 11.8 Å². The smallest absolute Gasteiger partial charge is 0.263 e. The van der Waals surface area contributed by atoms with Gasteiger partial charge in [-0.25, -0.2) is 0 Å². The first kappa shape index (κ1) is 14.1. The molecular formula is C17H22N2O2. The topological polar surface area (TPSA) is 63.4 Å². The molecule has 112 valence electrons. The Morgan fingerprint density at radius 3 is 2.62 bits per heavy atom. The third-order valence-corrected chi connectivity index (χ3v) is 4.97. The lowest BCUT2D eigenvalue weighted by Gasteiger charge is -2.35. The fourth-order valence-corrected chi connectivity index (χ4v) is 3.70. The molecule has 1 saturated carbocycles. The molecule has 1 fully saturated rings. The fraction of sp³-hybridized carbons (Fsp3) is 0.529. The molecule has 1 aromatic carbocycles. The molecule has 0 bridgehead atoms. The molecule has 1 heterocycles. The van der Waals surface area contributed by atoms with Crippen LogP contribution in [0.1, 0.15) is 60.2 Å². The highest BCUT2D eigenvalue weighted by Crippen LogP contribution is 2.37. The summed E-state index contributed by atoms with van der Waals surface area (Å²) in [6.07, 6.45) is 4.10. The Labute approximate surface area is 125 Å². The lowest BCUT2D eigenvalue weighted by atomic mass is 9.79. The number of nitrogen functional groups attached to an aromatic ring is 1. The largest absolute Gasteiger partial charge is 0.398 e. The predicted molar refractivity (Wildman–Crippen MR) is 81.9 cm³/mol. The average molecular weight is 286 g/mol. The molecule has 21 heavy (non-hydrogen) atoms. The summed E-state index contributed by atoms with van der Waals surface area (Å²) in [7, 11) is 0. The molecule has 2 unspecified atom stereocenters. The Bertz CT molecular complexity index is 594. The first-order valence-electron chi connectivity index (χ1n) is 7.77. The Morgan fingerprint density at radius 2 is 1.95 bits per heavy atom. The Morgan fingerprint density at radius 1 is 1.19 bits per heavy atom. The highest BCUT2D eigenvalue weighted by atomic mass is 16.2. The molecule has 0 saturated heterocycles. The zero-order valence-electron chi connectivity index (χ0n) is 12.6. The van der Waals surface area contributed by atoms with Crippen molar-refractivity contribution in [2.24, 2.45) is 11.8 Å². The number of carbonyl (C=O) groups is 2. The van der Waals surface area contributed by atoms with Crippen LogP contribution in [0.2, 0.25) is 0 Å². The lowest BCUT2D eigenvalue weighted by Crippen LogP contribution is -2.43. The molecule has 0 radical (unpaired) electrons. The highest BCUT2D eigenvalue weighted by Gasteiger charge is 2.42. The summed E-state index contributed by atoms with van der Waals surface area (Å²) in [6.45, 7) is 4.43. The summed E-state index contributed by atoms with van der Waals surface area (Å²) < 4.78 is 0. The number of hydrogen-bond donors (Lipinski definition) is 1. The number of carbonyl (C=O) groups excluding carboxylic acids is 2. The van der Waals surface area contributed by atoms with Gasteiger partial charge in [-0.15, -0.1) is 0 Å². The van der Waals surface area contributed by atoms with Crippen molar-refractivity contribution in [1.82, 2.24) is 4.90 Å². The van der Waals surface area contributed by atoms with E-state index in [2.05, 4.69) is 13.8 Å². The number of imide groups is 1. The Balaban J connectivity index is 1.90. The Kier molecular flexibility index (Phi) is 3.47. The molecule has 2 N–H and O–H groups in total. The van der Waals surface area contributed by atoms with Gasteiger partial charge in [-0.3, -0.25) is 14.5 Å². The van der Waals surface area contributed by atoms with Crippen LogP contribution in [0.25, 0.3) is 0 Å². The van der Waals surface area contributed by atoms with Crippen LogP contribution in [0.5, 0.6) is 0 Å². The summed E-state index contributed by atoms with van der Waals surface area (Å²) in [5, 5.41) is 0. The van der Waals surface area contributed by atoms with Gasteiger partial charge in [-0.2, -0.15) is 0 Å². The van der Waals surface area contributed by atoms with E-state index in [1.807, 2.05) is 0 Å². The summed E-state index contributed by atoms with van der Waals surface area (Å²) in [5.41, 5.74) is 7.16. The Hall–Kier alpha value is -1.84. The van der Waals surface area contributed by atoms with E-state index < -0.39 is 0 Å². The van der Waals surface area contributed by atoms with Crippen molar-refractivity contribution in [3.63, 3.8) is 0 Å². The van der Waals surface area contributed by atoms with Gasteiger partial charge < -0.3 is 5.73 Å². The van der Waals surface area contributed by atoms with Crippen molar-refractivity contribution < 1.29 is 9.59 Å². The quantitative estimate of drug-likeness (QED) is 0.671. The molecule has 0 aromatic heterocycles. The van der Waals surface area contributed by atoms with Gasteiger partial charge in [0, 0.05) is 11.7 Å². The molecule has 1 aliphatic carbocycles. The second kappa shape index (κ2) is 5.17. The molecule has 1 aliphatic heterocycles. The normalized spacial score (nSPS) is 25.6. The minimum absolute atomic E-state index is 0.0259. The molecule has 0 spiro atoms. The van der Waals surface area contributed by atoms with Gasteiger partial charge in [0.15, 0.2) is 0 Å². The molecule has 3 rings (SSSR count). The van der Waals surface area contributed by atoms with E-state index in [4.69, 9.17) is 5.73 Å². The standard InChI is InChI=1S/C17H22N2O2/c1-10(2)11-5-3-6-12(9-11)19-16(20)13-7-4-8-14(18)15(13)17(19)21/h4,7-8,10-12H,3,5-6,9,18H2,1-2H3. The number of nitrogens with zero attached hydrogens (tertiary/aromatic N) is 1. The molecule has 2 amide bonds. The van der Waals surface area contributed by atoms with Crippen LogP contribution in [0.4, 0.5) is 5.69 Å². The van der Waals surface area contributed by atoms with E-state index in [-0.39, 0.29) is 17.9 Å². The molecule has 4 heteroatoms. The van der Waals surface area contributed by atoms with Gasteiger partial charge in [-0.05, 0) is 36.8 Å². The van der Waals surface area contributed by atoms with Crippen LogP contribution in [0.15, 0.2) is 18.2 Å². The van der Waals surface area contributed by atoms with Crippen molar-refractivity contribution in [2.45, 2.75) is 45.6 Å². The number of amides is 2.